The topological polar surface area (TPSA) is 72.8 Å². The SMILES string of the molecule is COc1cccc(COc2ccccc2C=NNC(=O)c2ccc3ccccc3n2)c1. The van der Waals surface area contributed by atoms with Crippen LogP contribution in [-0.4, -0.2) is 24.2 Å². The van der Waals surface area contributed by atoms with Crippen molar-refractivity contribution in [3.05, 3.63) is 102 Å². The average Bonchev–Trinajstić information content (AvgIpc) is 2.83. The molecule has 0 radical (unpaired) electrons. The summed E-state index contributed by atoms with van der Waals surface area (Å²) in [5.74, 6) is 1.06. The van der Waals surface area contributed by atoms with Crippen LogP contribution >= 0.6 is 0 Å². The van der Waals surface area contributed by atoms with Crippen LogP contribution in [0.2, 0.25) is 0 Å². The number of methoxy groups -OCH3 is 1. The van der Waals surface area contributed by atoms with Gasteiger partial charge in [0, 0.05) is 10.9 Å². The van der Waals surface area contributed by atoms with E-state index >= 15 is 0 Å². The number of hydrogen-bond acceptors (Lipinski definition) is 5. The molecule has 1 N–H and O–H groups in total. The van der Waals surface area contributed by atoms with Gasteiger partial charge in [-0.25, -0.2) is 10.4 Å². The molecular weight excluding hydrogens is 390 g/mol. The van der Waals surface area contributed by atoms with E-state index in [4.69, 9.17) is 9.47 Å². The van der Waals surface area contributed by atoms with E-state index < -0.39 is 0 Å². The third kappa shape index (κ3) is 5.05. The molecule has 1 amide bonds. The standard InChI is InChI=1S/C25H21N3O3/c1-30-21-10-6-7-18(15-21)17-31-24-12-5-3-9-20(24)16-26-28-25(29)23-14-13-19-8-2-4-11-22(19)27-23/h2-16H,17H2,1H3,(H,28,29). The maximum Gasteiger partial charge on any atom is 0.289 e. The Labute approximate surface area is 180 Å². The summed E-state index contributed by atoms with van der Waals surface area (Å²) >= 11 is 0. The number of fused-ring (bicyclic) bond motifs is 1. The Morgan fingerprint density at radius 3 is 2.74 bits per heavy atom. The predicted octanol–water partition coefficient (Wildman–Crippen LogP) is 4.59. The molecule has 0 aliphatic rings. The monoisotopic (exact) mass is 411 g/mol. The smallest absolute Gasteiger partial charge is 0.289 e. The molecule has 154 valence electrons. The number of rotatable bonds is 7. The van der Waals surface area contributed by atoms with Gasteiger partial charge in [0.05, 0.1) is 18.8 Å². The van der Waals surface area contributed by atoms with E-state index in [0.29, 0.717) is 18.1 Å². The van der Waals surface area contributed by atoms with Crippen molar-refractivity contribution in [2.45, 2.75) is 6.61 Å². The number of nitrogens with one attached hydrogen (secondary N) is 1. The molecule has 6 nitrogen and oxygen atoms in total. The fourth-order valence-corrected chi connectivity index (χ4v) is 3.05. The van der Waals surface area contributed by atoms with Crippen LogP contribution in [0.4, 0.5) is 0 Å². The fourth-order valence-electron chi connectivity index (χ4n) is 3.05. The number of benzene rings is 3. The van der Waals surface area contributed by atoms with E-state index in [0.717, 1.165) is 27.8 Å². The first-order valence-corrected chi connectivity index (χ1v) is 9.77. The first-order valence-electron chi connectivity index (χ1n) is 9.77. The second-order valence-corrected chi connectivity index (χ2v) is 6.77. The minimum Gasteiger partial charge on any atom is -0.497 e. The first-order chi connectivity index (χ1) is 15.2. The quantitative estimate of drug-likeness (QED) is 0.357. The Bertz CT molecular complexity index is 1240. The van der Waals surface area contributed by atoms with Crippen LogP contribution in [0.1, 0.15) is 21.6 Å². The molecule has 0 aliphatic carbocycles. The van der Waals surface area contributed by atoms with Gasteiger partial charge in [0.15, 0.2) is 0 Å². The minimum absolute atomic E-state index is 0.304. The Balaban J connectivity index is 1.42. The van der Waals surface area contributed by atoms with Gasteiger partial charge in [0.25, 0.3) is 5.91 Å². The summed E-state index contributed by atoms with van der Waals surface area (Å²) in [6.45, 7) is 0.384. The molecule has 0 saturated carbocycles. The van der Waals surface area contributed by atoms with Crippen LogP contribution in [0.15, 0.2) is 90.0 Å². The molecule has 0 saturated heterocycles. The number of hydrazone groups is 1. The van der Waals surface area contributed by atoms with E-state index in [1.807, 2.05) is 78.9 Å². The van der Waals surface area contributed by atoms with E-state index in [2.05, 4.69) is 15.5 Å². The molecule has 4 aromatic rings. The van der Waals surface area contributed by atoms with Crippen LogP contribution in [0.3, 0.4) is 0 Å². The number of carbonyl (C=O) groups excluding carboxylic acids is 1. The maximum atomic E-state index is 12.4. The summed E-state index contributed by atoms with van der Waals surface area (Å²) in [4.78, 5) is 16.8. The minimum atomic E-state index is -0.378. The Morgan fingerprint density at radius 2 is 1.84 bits per heavy atom. The lowest BCUT2D eigenvalue weighted by Crippen LogP contribution is -2.19. The lowest BCUT2D eigenvalue weighted by atomic mass is 10.2. The number of para-hydroxylation sites is 2. The van der Waals surface area contributed by atoms with Gasteiger partial charge >= 0.3 is 0 Å². The Kier molecular flexibility index (Phi) is 6.18. The third-order valence-electron chi connectivity index (χ3n) is 4.65. The van der Waals surface area contributed by atoms with E-state index in [1.165, 1.54) is 0 Å². The Morgan fingerprint density at radius 1 is 1.00 bits per heavy atom. The second-order valence-electron chi connectivity index (χ2n) is 6.77. The summed E-state index contributed by atoms with van der Waals surface area (Å²) in [7, 11) is 1.63. The maximum absolute atomic E-state index is 12.4. The molecule has 0 unspecified atom stereocenters. The molecule has 0 atom stereocenters. The van der Waals surface area contributed by atoms with Crippen LogP contribution < -0.4 is 14.9 Å². The fraction of sp³-hybridized carbons (Fsp3) is 0.0800. The molecule has 1 heterocycles. The largest absolute Gasteiger partial charge is 0.497 e. The number of hydrogen-bond donors (Lipinski definition) is 1. The zero-order valence-corrected chi connectivity index (χ0v) is 17.0. The molecule has 4 rings (SSSR count). The number of pyridine rings is 1. The number of ether oxygens (including phenoxy) is 2. The number of nitrogens with zero attached hydrogens (tertiary/aromatic N) is 2. The highest BCUT2D eigenvalue weighted by atomic mass is 16.5. The normalized spacial score (nSPS) is 10.9. The molecule has 0 spiro atoms. The van der Waals surface area contributed by atoms with Crippen molar-refractivity contribution < 1.29 is 14.3 Å². The molecule has 6 heteroatoms. The van der Waals surface area contributed by atoms with E-state index in [1.54, 1.807) is 19.4 Å². The van der Waals surface area contributed by atoms with Gasteiger partial charge in [0.2, 0.25) is 0 Å². The summed E-state index contributed by atoms with van der Waals surface area (Å²) in [5, 5.41) is 5.05. The summed E-state index contributed by atoms with van der Waals surface area (Å²) < 4.78 is 11.2. The average molecular weight is 411 g/mol. The molecule has 0 aliphatic heterocycles. The van der Waals surface area contributed by atoms with Gasteiger partial charge in [-0.05, 0) is 42.0 Å². The summed E-state index contributed by atoms with van der Waals surface area (Å²) in [6, 6.07) is 26.4. The number of amides is 1. The van der Waals surface area contributed by atoms with Crippen LogP contribution in [-0.2, 0) is 6.61 Å². The van der Waals surface area contributed by atoms with Crippen molar-refractivity contribution in [2.24, 2.45) is 5.10 Å². The van der Waals surface area contributed by atoms with E-state index in [9.17, 15) is 4.79 Å². The van der Waals surface area contributed by atoms with Crippen molar-refractivity contribution >= 4 is 23.0 Å². The van der Waals surface area contributed by atoms with Crippen LogP contribution in [0.25, 0.3) is 10.9 Å². The summed E-state index contributed by atoms with van der Waals surface area (Å²) in [5.41, 5.74) is 5.32. The van der Waals surface area contributed by atoms with Gasteiger partial charge in [-0.3, -0.25) is 4.79 Å². The lowest BCUT2D eigenvalue weighted by Gasteiger charge is -2.10. The zero-order valence-electron chi connectivity index (χ0n) is 17.0. The number of aromatic nitrogens is 1. The second kappa shape index (κ2) is 9.54. The Hall–Kier alpha value is -4.19. The third-order valence-corrected chi connectivity index (χ3v) is 4.65. The van der Waals surface area contributed by atoms with Gasteiger partial charge in [-0.1, -0.05) is 48.5 Å². The van der Waals surface area contributed by atoms with Crippen molar-refractivity contribution in [3.63, 3.8) is 0 Å². The van der Waals surface area contributed by atoms with E-state index in [-0.39, 0.29) is 5.91 Å². The molecule has 31 heavy (non-hydrogen) atoms. The van der Waals surface area contributed by atoms with Gasteiger partial charge in [-0.15, -0.1) is 0 Å². The van der Waals surface area contributed by atoms with Crippen molar-refractivity contribution in [2.75, 3.05) is 7.11 Å². The van der Waals surface area contributed by atoms with Crippen LogP contribution in [0, 0.1) is 0 Å². The molecule has 1 aromatic heterocycles. The zero-order chi connectivity index (χ0) is 21.5. The van der Waals surface area contributed by atoms with Crippen LogP contribution in [0.5, 0.6) is 11.5 Å². The van der Waals surface area contributed by atoms with Gasteiger partial charge < -0.3 is 9.47 Å². The predicted molar refractivity (Wildman–Crippen MR) is 121 cm³/mol. The highest BCUT2D eigenvalue weighted by molar-refractivity contribution is 5.95. The molecule has 0 bridgehead atoms. The van der Waals surface area contributed by atoms with Crippen molar-refractivity contribution in [1.29, 1.82) is 0 Å². The van der Waals surface area contributed by atoms with Gasteiger partial charge in [-0.2, -0.15) is 5.10 Å². The first kappa shape index (κ1) is 20.1. The highest BCUT2D eigenvalue weighted by Gasteiger charge is 2.07. The lowest BCUT2D eigenvalue weighted by molar-refractivity contribution is 0.0950. The molecule has 3 aromatic carbocycles. The van der Waals surface area contributed by atoms with Gasteiger partial charge in [0.1, 0.15) is 23.8 Å². The molecule has 0 fully saturated rings. The summed E-state index contributed by atoms with van der Waals surface area (Å²) in [6.07, 6.45) is 1.56. The highest BCUT2D eigenvalue weighted by Crippen LogP contribution is 2.19. The number of carbonyl (C=O) groups is 1. The van der Waals surface area contributed by atoms with Crippen molar-refractivity contribution in [1.82, 2.24) is 10.4 Å². The molecular formula is C25H21N3O3. The van der Waals surface area contributed by atoms with Crippen molar-refractivity contribution in [3.8, 4) is 11.5 Å².